The highest BCUT2D eigenvalue weighted by atomic mass is 15.2. The number of aryl methyl sites for hydroxylation is 1. The molecule has 1 fully saturated rings. The van der Waals surface area contributed by atoms with Gasteiger partial charge < -0.3 is 5.32 Å². The zero-order valence-corrected chi connectivity index (χ0v) is 17.0. The molecule has 5 nitrogen and oxygen atoms in total. The summed E-state index contributed by atoms with van der Waals surface area (Å²) >= 11 is 0. The van der Waals surface area contributed by atoms with Crippen molar-refractivity contribution in [1.82, 2.24) is 19.7 Å². The molecular weight excluding hydrogens is 346 g/mol. The van der Waals surface area contributed by atoms with Gasteiger partial charge in [0.1, 0.15) is 5.82 Å². The van der Waals surface area contributed by atoms with Crippen molar-refractivity contribution in [3.05, 3.63) is 55.1 Å². The van der Waals surface area contributed by atoms with Crippen LogP contribution in [0.15, 0.2) is 55.1 Å². The van der Waals surface area contributed by atoms with Gasteiger partial charge in [-0.1, -0.05) is 32.6 Å². The summed E-state index contributed by atoms with van der Waals surface area (Å²) in [5.74, 6) is 2.35. The molecule has 1 aliphatic rings. The van der Waals surface area contributed by atoms with E-state index in [-0.39, 0.29) is 0 Å². The molecular formula is C23H29N5. The van der Waals surface area contributed by atoms with Crippen LogP contribution in [0.3, 0.4) is 0 Å². The number of hydrogen-bond acceptors (Lipinski definition) is 4. The number of rotatable bonds is 5. The normalized spacial score (nSPS) is 20.4. The Balaban J connectivity index is 1.48. The molecule has 0 spiro atoms. The van der Waals surface area contributed by atoms with E-state index in [1.165, 1.54) is 6.42 Å². The van der Waals surface area contributed by atoms with E-state index in [1.807, 2.05) is 30.3 Å². The maximum absolute atomic E-state index is 4.57. The number of nitrogens with zero attached hydrogens (tertiary/aromatic N) is 4. The van der Waals surface area contributed by atoms with Crippen LogP contribution in [-0.4, -0.2) is 39.3 Å². The maximum Gasteiger partial charge on any atom is 0.130 e. The van der Waals surface area contributed by atoms with Gasteiger partial charge in [-0.2, -0.15) is 5.10 Å². The minimum atomic E-state index is 0.751. The minimum absolute atomic E-state index is 0.751. The van der Waals surface area contributed by atoms with Crippen molar-refractivity contribution in [2.24, 2.45) is 18.9 Å². The first-order chi connectivity index (χ1) is 13.5. The zero-order valence-electron chi connectivity index (χ0n) is 17.0. The van der Waals surface area contributed by atoms with Crippen molar-refractivity contribution >= 4 is 16.6 Å². The SMILES string of the molecule is C=C(CN1C[C@H](C)C[C@H](C)C1)Nc1cc2cc(-c3cnn(C)c3)ccc2cn1. The first-order valence-corrected chi connectivity index (χ1v) is 10.0. The van der Waals surface area contributed by atoms with Gasteiger partial charge in [0.2, 0.25) is 0 Å². The summed E-state index contributed by atoms with van der Waals surface area (Å²) in [7, 11) is 1.94. The summed E-state index contributed by atoms with van der Waals surface area (Å²) < 4.78 is 1.82. The predicted octanol–water partition coefficient (Wildman–Crippen LogP) is 4.54. The summed E-state index contributed by atoms with van der Waals surface area (Å²) in [6, 6.07) is 8.52. The van der Waals surface area contributed by atoms with E-state index in [4.69, 9.17) is 0 Å². The average molecular weight is 376 g/mol. The molecule has 0 saturated carbocycles. The van der Waals surface area contributed by atoms with E-state index < -0.39 is 0 Å². The molecule has 2 aromatic heterocycles. The Kier molecular flexibility index (Phi) is 5.18. The molecule has 0 unspecified atom stereocenters. The molecule has 146 valence electrons. The van der Waals surface area contributed by atoms with Gasteiger partial charge in [-0.15, -0.1) is 0 Å². The Morgan fingerprint density at radius 2 is 1.89 bits per heavy atom. The molecule has 1 saturated heterocycles. The van der Waals surface area contributed by atoms with Crippen molar-refractivity contribution in [2.45, 2.75) is 20.3 Å². The van der Waals surface area contributed by atoms with E-state index in [0.29, 0.717) is 0 Å². The summed E-state index contributed by atoms with van der Waals surface area (Å²) in [4.78, 5) is 7.07. The highest BCUT2D eigenvalue weighted by Crippen LogP contribution is 2.26. The van der Waals surface area contributed by atoms with E-state index >= 15 is 0 Å². The Morgan fingerprint density at radius 3 is 2.61 bits per heavy atom. The molecule has 0 bridgehead atoms. The third-order valence-electron chi connectivity index (χ3n) is 5.42. The van der Waals surface area contributed by atoms with Crippen molar-refractivity contribution in [3.8, 4) is 11.1 Å². The van der Waals surface area contributed by atoms with Crippen LogP contribution >= 0.6 is 0 Å². The van der Waals surface area contributed by atoms with Gasteiger partial charge >= 0.3 is 0 Å². The van der Waals surface area contributed by atoms with Crippen LogP contribution in [0, 0.1) is 11.8 Å². The molecule has 1 aromatic carbocycles. The Bertz CT molecular complexity index is 980. The first-order valence-electron chi connectivity index (χ1n) is 10.0. The fourth-order valence-corrected chi connectivity index (χ4v) is 4.37. The van der Waals surface area contributed by atoms with E-state index in [2.05, 4.69) is 65.0 Å². The number of hydrogen-bond donors (Lipinski definition) is 1. The van der Waals surface area contributed by atoms with Crippen LogP contribution < -0.4 is 5.32 Å². The molecule has 3 heterocycles. The van der Waals surface area contributed by atoms with Gasteiger partial charge in [-0.05, 0) is 41.3 Å². The molecule has 28 heavy (non-hydrogen) atoms. The van der Waals surface area contributed by atoms with Crippen molar-refractivity contribution in [3.63, 3.8) is 0 Å². The number of anilines is 1. The maximum atomic E-state index is 4.57. The number of pyridine rings is 1. The molecule has 5 heteroatoms. The summed E-state index contributed by atoms with van der Waals surface area (Å²) in [6.45, 7) is 12.1. The largest absolute Gasteiger partial charge is 0.343 e. The molecule has 4 rings (SSSR count). The molecule has 3 aromatic rings. The van der Waals surface area contributed by atoms with Crippen LogP contribution in [0.1, 0.15) is 20.3 Å². The number of piperidine rings is 1. The van der Waals surface area contributed by atoms with Crippen LogP contribution in [0.4, 0.5) is 5.82 Å². The second-order valence-corrected chi connectivity index (χ2v) is 8.40. The van der Waals surface area contributed by atoms with Crippen LogP contribution in [0.2, 0.25) is 0 Å². The van der Waals surface area contributed by atoms with E-state index in [0.717, 1.165) is 64.9 Å². The molecule has 1 aliphatic heterocycles. The second kappa shape index (κ2) is 7.76. The lowest BCUT2D eigenvalue weighted by Gasteiger charge is -2.35. The van der Waals surface area contributed by atoms with Gasteiger partial charge in [0.05, 0.1) is 6.20 Å². The quantitative estimate of drug-likeness (QED) is 0.711. The van der Waals surface area contributed by atoms with E-state index in [1.54, 1.807) is 0 Å². The topological polar surface area (TPSA) is 46.0 Å². The fraction of sp³-hybridized carbons (Fsp3) is 0.391. The highest BCUT2D eigenvalue weighted by molar-refractivity contribution is 5.88. The number of fused-ring (bicyclic) bond motifs is 1. The van der Waals surface area contributed by atoms with Crippen molar-refractivity contribution in [1.29, 1.82) is 0 Å². The Hall–Kier alpha value is -2.66. The second-order valence-electron chi connectivity index (χ2n) is 8.40. The lowest BCUT2D eigenvalue weighted by Crippen LogP contribution is -2.40. The summed E-state index contributed by atoms with van der Waals surface area (Å²) in [6.07, 6.45) is 7.17. The fourth-order valence-electron chi connectivity index (χ4n) is 4.37. The summed E-state index contributed by atoms with van der Waals surface area (Å²) in [5, 5.41) is 9.97. The predicted molar refractivity (Wildman–Crippen MR) is 116 cm³/mol. The lowest BCUT2D eigenvalue weighted by atomic mass is 9.92. The number of likely N-dealkylation sites (tertiary alicyclic amines) is 1. The third-order valence-corrected chi connectivity index (χ3v) is 5.42. The standard InChI is InChI=1S/C23H29N5/c1-16-7-17(2)13-28(12-16)14-18(3)26-23-9-21-8-19(5-6-20(21)10-24-23)22-11-25-27(4)15-22/h5-6,8-11,15-17H,3,7,12-14H2,1-2,4H3,(H,24,26)/t16-,17+. The Labute approximate surface area is 167 Å². The molecule has 0 aliphatic carbocycles. The van der Waals surface area contributed by atoms with Crippen LogP contribution in [-0.2, 0) is 7.05 Å². The minimum Gasteiger partial charge on any atom is -0.343 e. The molecule has 1 N–H and O–H groups in total. The lowest BCUT2D eigenvalue weighted by molar-refractivity contribution is 0.152. The average Bonchev–Trinajstić information content (AvgIpc) is 3.06. The van der Waals surface area contributed by atoms with Crippen LogP contribution in [0.5, 0.6) is 0 Å². The first kappa shape index (κ1) is 18.7. The van der Waals surface area contributed by atoms with Gasteiger partial charge in [0, 0.05) is 55.7 Å². The molecule has 0 radical (unpaired) electrons. The smallest absolute Gasteiger partial charge is 0.130 e. The number of aromatic nitrogens is 3. The monoisotopic (exact) mass is 375 g/mol. The van der Waals surface area contributed by atoms with Gasteiger partial charge in [-0.3, -0.25) is 9.58 Å². The zero-order chi connectivity index (χ0) is 19.7. The van der Waals surface area contributed by atoms with Crippen molar-refractivity contribution < 1.29 is 0 Å². The van der Waals surface area contributed by atoms with Crippen LogP contribution in [0.25, 0.3) is 21.9 Å². The number of benzene rings is 1. The highest BCUT2D eigenvalue weighted by Gasteiger charge is 2.21. The molecule has 2 atom stereocenters. The summed E-state index contributed by atoms with van der Waals surface area (Å²) in [5.41, 5.74) is 3.28. The number of nitrogens with one attached hydrogen (secondary N) is 1. The third kappa shape index (κ3) is 4.25. The van der Waals surface area contributed by atoms with E-state index in [9.17, 15) is 0 Å². The van der Waals surface area contributed by atoms with Gasteiger partial charge in [-0.25, -0.2) is 4.98 Å². The molecule has 0 amide bonds. The Morgan fingerprint density at radius 1 is 1.11 bits per heavy atom. The van der Waals surface area contributed by atoms with Gasteiger partial charge in [0.15, 0.2) is 0 Å². The van der Waals surface area contributed by atoms with Gasteiger partial charge in [0.25, 0.3) is 0 Å². The van der Waals surface area contributed by atoms with Crippen molar-refractivity contribution in [2.75, 3.05) is 25.0 Å².